The first kappa shape index (κ1) is 27.0. The molecular formula is C23H27ClFN5O4S. The number of aromatic nitrogens is 4. The van der Waals surface area contributed by atoms with E-state index in [0.29, 0.717) is 30.9 Å². The molecule has 1 aromatic heterocycles. The van der Waals surface area contributed by atoms with Crippen molar-refractivity contribution in [2.75, 3.05) is 20.2 Å². The summed E-state index contributed by atoms with van der Waals surface area (Å²) in [6.07, 6.45) is 3.99. The van der Waals surface area contributed by atoms with Crippen LogP contribution >= 0.6 is 24.2 Å². The van der Waals surface area contributed by atoms with Crippen LogP contribution in [0.3, 0.4) is 0 Å². The molecule has 12 heteroatoms. The second kappa shape index (κ2) is 11.9. The van der Waals surface area contributed by atoms with Gasteiger partial charge < -0.3 is 4.74 Å². The first-order valence-electron chi connectivity index (χ1n) is 11.1. The number of nitrogens with zero attached hydrogens (tertiary/aromatic N) is 5. The minimum atomic E-state index is -0.702. The number of ether oxygens (including phenoxy) is 1. The number of halogens is 2. The van der Waals surface area contributed by atoms with Gasteiger partial charge in [-0.15, -0.1) is 17.5 Å². The van der Waals surface area contributed by atoms with Crippen LogP contribution in [0.4, 0.5) is 4.39 Å². The molecule has 0 spiro atoms. The van der Waals surface area contributed by atoms with Gasteiger partial charge in [-0.2, -0.15) is 0 Å². The number of hydrogen-bond donors (Lipinski definition) is 0. The Morgan fingerprint density at radius 1 is 1.26 bits per heavy atom. The molecule has 1 aliphatic carbocycles. The number of benzene rings is 1. The van der Waals surface area contributed by atoms with Gasteiger partial charge in [-0.1, -0.05) is 30.0 Å². The first-order chi connectivity index (χ1) is 16.4. The minimum absolute atomic E-state index is 0. The quantitative estimate of drug-likeness (QED) is 0.482. The first-order valence-corrected chi connectivity index (χ1v) is 12.0. The van der Waals surface area contributed by atoms with E-state index in [1.165, 1.54) is 36.5 Å². The van der Waals surface area contributed by atoms with E-state index in [4.69, 9.17) is 4.74 Å². The third-order valence-corrected chi connectivity index (χ3v) is 7.14. The van der Waals surface area contributed by atoms with Crippen LogP contribution in [-0.2, 0) is 25.7 Å². The minimum Gasteiger partial charge on any atom is -0.468 e. The number of hydrogen-bond acceptors (Lipinski definition) is 9. The van der Waals surface area contributed by atoms with Crippen LogP contribution in [0.25, 0.3) is 6.08 Å². The number of esters is 1. The van der Waals surface area contributed by atoms with Gasteiger partial charge in [-0.05, 0) is 47.4 Å². The fourth-order valence-corrected chi connectivity index (χ4v) is 5.09. The second-order valence-corrected chi connectivity index (χ2v) is 9.83. The summed E-state index contributed by atoms with van der Waals surface area (Å²) < 4.78 is 20.8. The maximum Gasteiger partial charge on any atom is 0.327 e. The molecule has 2 aromatic rings. The Morgan fingerprint density at radius 2 is 2.00 bits per heavy atom. The van der Waals surface area contributed by atoms with E-state index in [2.05, 4.69) is 15.5 Å². The van der Waals surface area contributed by atoms with Crippen molar-refractivity contribution in [3.8, 4) is 0 Å². The molecule has 0 radical (unpaired) electrons. The van der Waals surface area contributed by atoms with Gasteiger partial charge in [0.05, 0.1) is 13.2 Å². The predicted molar refractivity (Wildman–Crippen MR) is 130 cm³/mol. The normalized spacial score (nSPS) is 20.2. The third kappa shape index (κ3) is 6.53. The fraction of sp³-hybridized carbons (Fsp3) is 0.478. The van der Waals surface area contributed by atoms with Crippen molar-refractivity contribution < 1.29 is 23.5 Å². The highest BCUT2D eigenvalue weighted by molar-refractivity contribution is 8.14. The largest absolute Gasteiger partial charge is 0.468 e. The van der Waals surface area contributed by atoms with Gasteiger partial charge in [0.1, 0.15) is 12.4 Å². The number of Topliss-reactive ketones (excluding diaryl/α,β-unsaturated/α-hetero) is 1. The molecule has 4 rings (SSSR count). The van der Waals surface area contributed by atoms with Crippen LogP contribution in [0.5, 0.6) is 0 Å². The lowest BCUT2D eigenvalue weighted by Crippen LogP contribution is -2.43. The molecule has 1 saturated carbocycles. The van der Waals surface area contributed by atoms with Crippen molar-refractivity contribution in [3.05, 3.63) is 47.0 Å². The van der Waals surface area contributed by atoms with Gasteiger partial charge >= 0.3 is 5.97 Å². The SMILES string of the molecule is COC(=O)Cn1nnnc1/C=C1\CN(C(C(=O)C2CC2)c2ccccc2F)CCC1SC(C)=O.Cl. The lowest BCUT2D eigenvalue weighted by Gasteiger charge is -2.38. The van der Waals surface area contributed by atoms with Crippen LogP contribution in [0.2, 0.25) is 0 Å². The molecule has 2 fully saturated rings. The highest BCUT2D eigenvalue weighted by Gasteiger charge is 2.41. The average molecular weight is 524 g/mol. The van der Waals surface area contributed by atoms with Crippen molar-refractivity contribution in [1.82, 2.24) is 25.1 Å². The van der Waals surface area contributed by atoms with Crippen molar-refractivity contribution in [3.63, 3.8) is 0 Å². The molecule has 0 N–H and O–H groups in total. The lowest BCUT2D eigenvalue weighted by molar-refractivity contribution is -0.141. The summed E-state index contributed by atoms with van der Waals surface area (Å²) >= 11 is 1.21. The molecule has 0 bridgehead atoms. The fourth-order valence-electron chi connectivity index (χ4n) is 4.18. The van der Waals surface area contributed by atoms with Gasteiger partial charge in [-0.3, -0.25) is 19.3 Å². The summed E-state index contributed by atoms with van der Waals surface area (Å²) in [5.74, 6) is -0.588. The van der Waals surface area contributed by atoms with E-state index in [9.17, 15) is 18.8 Å². The highest BCUT2D eigenvalue weighted by Crippen LogP contribution is 2.40. The Bertz CT molecular complexity index is 1120. The number of likely N-dealkylation sites (tertiary alicyclic amines) is 1. The van der Waals surface area contributed by atoms with E-state index < -0.39 is 17.8 Å². The summed E-state index contributed by atoms with van der Waals surface area (Å²) in [4.78, 5) is 38.9. The Balaban J connectivity index is 0.00000342. The maximum atomic E-state index is 14.8. The number of carbonyl (C=O) groups is 3. The summed E-state index contributed by atoms with van der Waals surface area (Å²) in [5.41, 5.74) is 1.20. The van der Waals surface area contributed by atoms with E-state index >= 15 is 0 Å². The van der Waals surface area contributed by atoms with Crippen molar-refractivity contribution in [2.24, 2.45) is 5.92 Å². The smallest absolute Gasteiger partial charge is 0.327 e. The topological polar surface area (TPSA) is 107 Å². The second-order valence-electron chi connectivity index (χ2n) is 8.45. The number of piperidine rings is 1. The van der Waals surface area contributed by atoms with Crippen LogP contribution < -0.4 is 0 Å². The molecule has 9 nitrogen and oxygen atoms in total. The molecule has 1 aromatic carbocycles. The molecule has 188 valence electrons. The molecule has 35 heavy (non-hydrogen) atoms. The number of carbonyl (C=O) groups excluding carboxylic acids is 3. The number of ketones is 1. The molecule has 2 unspecified atom stereocenters. The van der Waals surface area contributed by atoms with Gasteiger partial charge in [0.25, 0.3) is 0 Å². The Kier molecular flexibility index (Phi) is 9.15. The van der Waals surface area contributed by atoms with Gasteiger partial charge in [0, 0.05) is 36.7 Å². The molecule has 2 heterocycles. The zero-order valence-corrected chi connectivity index (χ0v) is 21.1. The Labute approximate surface area is 212 Å². The van der Waals surface area contributed by atoms with Crippen molar-refractivity contribution in [1.29, 1.82) is 0 Å². The standard InChI is InChI=1S/C23H26FN5O4S.ClH/c1-14(30)34-19-9-10-28(12-16(19)11-20-25-26-27-29(20)13-21(31)33-2)22(23(32)15-7-8-15)17-5-3-4-6-18(17)24;/h3-6,11,15,19,22H,7-10,12-13H2,1-2H3;1H/b16-11+;. The van der Waals surface area contributed by atoms with Gasteiger partial charge in [0.15, 0.2) is 16.7 Å². The summed E-state index contributed by atoms with van der Waals surface area (Å²) in [7, 11) is 1.28. The summed E-state index contributed by atoms with van der Waals surface area (Å²) in [6.45, 7) is 2.23. The molecule has 0 amide bonds. The monoisotopic (exact) mass is 523 g/mol. The number of tetrazole rings is 1. The third-order valence-electron chi connectivity index (χ3n) is 5.98. The van der Waals surface area contributed by atoms with E-state index in [0.717, 1.165) is 18.4 Å². The van der Waals surface area contributed by atoms with Gasteiger partial charge in [0.2, 0.25) is 0 Å². The van der Waals surface area contributed by atoms with Crippen molar-refractivity contribution >= 4 is 47.1 Å². The molecule has 2 aliphatic rings. The molecule has 2 atom stereocenters. The van der Waals surface area contributed by atoms with Crippen LogP contribution in [0, 0.1) is 11.7 Å². The van der Waals surface area contributed by atoms with Gasteiger partial charge in [-0.25, -0.2) is 9.07 Å². The molecular weight excluding hydrogens is 497 g/mol. The predicted octanol–water partition coefficient (Wildman–Crippen LogP) is 2.86. The lowest BCUT2D eigenvalue weighted by atomic mass is 9.93. The van der Waals surface area contributed by atoms with E-state index in [-0.39, 0.29) is 41.0 Å². The van der Waals surface area contributed by atoms with E-state index in [1.807, 2.05) is 4.90 Å². The molecule has 1 saturated heterocycles. The maximum absolute atomic E-state index is 14.8. The van der Waals surface area contributed by atoms with Crippen LogP contribution in [-0.4, -0.2) is 67.4 Å². The summed E-state index contributed by atoms with van der Waals surface area (Å²) in [5, 5.41) is 11.3. The van der Waals surface area contributed by atoms with Crippen LogP contribution in [0.1, 0.15) is 43.6 Å². The molecule has 1 aliphatic heterocycles. The van der Waals surface area contributed by atoms with Crippen LogP contribution in [0.15, 0.2) is 29.8 Å². The number of thioether (sulfide) groups is 1. The Hall–Kier alpha value is -2.63. The van der Waals surface area contributed by atoms with Crippen molar-refractivity contribution in [2.45, 2.75) is 44.0 Å². The number of methoxy groups -OCH3 is 1. The zero-order chi connectivity index (χ0) is 24.2. The van der Waals surface area contributed by atoms with E-state index in [1.54, 1.807) is 24.3 Å². The highest BCUT2D eigenvalue weighted by atomic mass is 35.5. The zero-order valence-electron chi connectivity index (χ0n) is 19.4. The Morgan fingerprint density at radius 3 is 2.66 bits per heavy atom. The average Bonchev–Trinajstić information content (AvgIpc) is 3.58. The summed E-state index contributed by atoms with van der Waals surface area (Å²) in [6, 6.07) is 5.68. The number of rotatable bonds is 8.